The quantitative estimate of drug-likeness (QED) is 0.250. The number of rotatable bonds is 9. The van der Waals surface area contributed by atoms with E-state index in [1.54, 1.807) is 0 Å². The van der Waals surface area contributed by atoms with Gasteiger partial charge in [0, 0.05) is 30.5 Å². The maximum absolute atomic E-state index is 11.2. The normalized spacial score (nSPS) is 11.3. The number of methoxy groups -OCH3 is 1. The fourth-order valence-corrected chi connectivity index (χ4v) is 3.93. The first kappa shape index (κ1) is 22.4. The van der Waals surface area contributed by atoms with E-state index in [1.807, 2.05) is 24.3 Å². The first-order valence-electron chi connectivity index (χ1n) is 11.0. The van der Waals surface area contributed by atoms with Gasteiger partial charge in [0.2, 0.25) is 0 Å². The second-order valence-corrected chi connectivity index (χ2v) is 7.78. The Morgan fingerprint density at radius 2 is 1.58 bits per heavy atom. The van der Waals surface area contributed by atoms with E-state index < -0.39 is 6.16 Å². The molecule has 1 N–H and O–H groups in total. The Morgan fingerprint density at radius 1 is 0.879 bits per heavy atom. The molecule has 3 aromatic carbocycles. The monoisotopic (exact) mass is 440 g/mol. The van der Waals surface area contributed by atoms with E-state index in [0.717, 1.165) is 24.3 Å². The van der Waals surface area contributed by atoms with Crippen LogP contribution in [0, 0.1) is 0 Å². The lowest BCUT2D eigenvalue weighted by atomic mass is 10.0. The molecule has 0 radical (unpaired) electrons. The summed E-state index contributed by atoms with van der Waals surface area (Å²) >= 11 is 0. The number of hydrogen-bond acceptors (Lipinski definition) is 4. The van der Waals surface area contributed by atoms with Crippen molar-refractivity contribution in [1.29, 1.82) is 0 Å². The van der Waals surface area contributed by atoms with Gasteiger partial charge in [-0.2, -0.15) is 0 Å². The molecule has 0 fully saturated rings. The maximum Gasteiger partial charge on any atom is 0.508 e. The summed E-state index contributed by atoms with van der Waals surface area (Å²) in [7, 11) is 1.30. The molecule has 0 aliphatic carbocycles. The minimum Gasteiger partial charge on any atom is -0.438 e. The zero-order valence-corrected chi connectivity index (χ0v) is 18.7. The van der Waals surface area contributed by atoms with E-state index in [1.165, 1.54) is 29.2 Å². The third-order valence-corrected chi connectivity index (χ3v) is 5.50. The van der Waals surface area contributed by atoms with Crippen molar-refractivity contribution in [3.63, 3.8) is 0 Å². The lowest BCUT2D eigenvalue weighted by Crippen LogP contribution is -2.23. The molecule has 0 amide bonds. The first-order valence-corrected chi connectivity index (χ1v) is 11.0. The number of carbonyl (C=O) groups is 1. The number of aromatic nitrogens is 1. The van der Waals surface area contributed by atoms with E-state index in [-0.39, 0.29) is 6.61 Å². The summed E-state index contributed by atoms with van der Waals surface area (Å²) in [6.07, 6.45) is 3.21. The molecule has 168 valence electrons. The number of aromatic amines is 1. The van der Waals surface area contributed by atoms with Crippen LogP contribution in [0.5, 0.6) is 0 Å². The Labute approximate surface area is 194 Å². The van der Waals surface area contributed by atoms with Gasteiger partial charge >= 0.3 is 6.16 Å². The molecule has 1 heterocycles. The molecule has 0 saturated heterocycles. The highest BCUT2D eigenvalue weighted by atomic mass is 16.7. The molecule has 0 aliphatic heterocycles. The van der Waals surface area contributed by atoms with Gasteiger partial charge in [-0.05, 0) is 28.8 Å². The smallest absolute Gasteiger partial charge is 0.438 e. The van der Waals surface area contributed by atoms with Gasteiger partial charge in [0.05, 0.1) is 12.8 Å². The lowest BCUT2D eigenvalue weighted by Gasteiger charge is -2.22. The number of nitrogens with zero attached hydrogens (tertiary/aromatic N) is 1. The van der Waals surface area contributed by atoms with E-state index in [0.29, 0.717) is 6.54 Å². The molecule has 5 heteroatoms. The van der Waals surface area contributed by atoms with Gasteiger partial charge in [-0.3, -0.25) is 4.90 Å². The van der Waals surface area contributed by atoms with Crippen molar-refractivity contribution in [3.8, 4) is 11.3 Å². The van der Waals surface area contributed by atoms with Crippen LogP contribution in [0.1, 0.15) is 11.1 Å². The van der Waals surface area contributed by atoms with Crippen LogP contribution >= 0.6 is 0 Å². The highest BCUT2D eigenvalue weighted by molar-refractivity contribution is 5.90. The highest BCUT2D eigenvalue weighted by Crippen LogP contribution is 2.31. The zero-order valence-electron chi connectivity index (χ0n) is 18.7. The molecular weight excluding hydrogens is 412 g/mol. The van der Waals surface area contributed by atoms with Crippen molar-refractivity contribution in [1.82, 2.24) is 9.88 Å². The number of benzene rings is 3. The van der Waals surface area contributed by atoms with Crippen LogP contribution in [0.4, 0.5) is 4.79 Å². The summed E-state index contributed by atoms with van der Waals surface area (Å²) in [6.45, 7) is 2.48. The fourth-order valence-electron chi connectivity index (χ4n) is 3.93. The molecule has 0 spiro atoms. The highest BCUT2D eigenvalue weighted by Gasteiger charge is 2.16. The molecule has 4 rings (SSSR count). The molecule has 0 atom stereocenters. The Balaban J connectivity index is 1.61. The van der Waals surface area contributed by atoms with Gasteiger partial charge in [0.1, 0.15) is 6.61 Å². The fraction of sp³-hybridized carbons (Fsp3) is 0.179. The second kappa shape index (κ2) is 11.2. The summed E-state index contributed by atoms with van der Waals surface area (Å²) in [4.78, 5) is 17.2. The molecule has 4 aromatic rings. The number of para-hydroxylation sites is 1. The SMILES string of the molecule is COC(=O)OC/C=C/CN(Cc1ccccc1)Cc1c(-c2ccccc2)[nH]c2ccccc12. The molecule has 0 bridgehead atoms. The molecule has 1 aromatic heterocycles. The van der Waals surface area contributed by atoms with Gasteiger partial charge in [-0.25, -0.2) is 4.79 Å². The topological polar surface area (TPSA) is 54.6 Å². The van der Waals surface area contributed by atoms with Crippen molar-refractivity contribution in [2.24, 2.45) is 0 Å². The molecule has 5 nitrogen and oxygen atoms in total. The van der Waals surface area contributed by atoms with Crippen LogP contribution in [0.15, 0.2) is 97.1 Å². The number of carbonyl (C=O) groups excluding carboxylic acids is 1. The predicted molar refractivity (Wildman–Crippen MR) is 132 cm³/mol. The lowest BCUT2D eigenvalue weighted by molar-refractivity contribution is 0.0817. The summed E-state index contributed by atoms with van der Waals surface area (Å²) in [5.41, 5.74) is 5.97. The Hall–Kier alpha value is -3.83. The average Bonchev–Trinajstić information content (AvgIpc) is 3.23. The first-order chi connectivity index (χ1) is 16.2. The van der Waals surface area contributed by atoms with Crippen molar-refractivity contribution < 1.29 is 14.3 Å². The molecule has 0 saturated carbocycles. The van der Waals surface area contributed by atoms with Crippen LogP contribution in [0.3, 0.4) is 0 Å². The van der Waals surface area contributed by atoms with Crippen LogP contribution in [0.2, 0.25) is 0 Å². The molecule has 0 unspecified atom stereocenters. The van der Waals surface area contributed by atoms with Crippen LogP contribution in [-0.4, -0.2) is 36.3 Å². The zero-order chi connectivity index (χ0) is 22.9. The third-order valence-electron chi connectivity index (χ3n) is 5.50. The predicted octanol–water partition coefficient (Wildman–Crippen LogP) is 6.18. The number of ether oxygens (including phenoxy) is 2. The molecular formula is C28H28N2O3. The van der Waals surface area contributed by atoms with Crippen LogP contribution in [0.25, 0.3) is 22.2 Å². The second-order valence-electron chi connectivity index (χ2n) is 7.78. The summed E-state index contributed by atoms with van der Waals surface area (Å²) in [5, 5.41) is 1.23. The Kier molecular flexibility index (Phi) is 7.56. The Morgan fingerprint density at radius 3 is 2.33 bits per heavy atom. The van der Waals surface area contributed by atoms with Crippen molar-refractivity contribution >= 4 is 17.1 Å². The number of fused-ring (bicyclic) bond motifs is 1. The molecule has 0 aliphatic rings. The van der Waals surface area contributed by atoms with Crippen molar-refractivity contribution in [2.75, 3.05) is 20.3 Å². The van der Waals surface area contributed by atoms with E-state index in [4.69, 9.17) is 4.74 Å². The molecule has 33 heavy (non-hydrogen) atoms. The minimum atomic E-state index is -0.674. The van der Waals surface area contributed by atoms with E-state index in [9.17, 15) is 4.79 Å². The van der Waals surface area contributed by atoms with Crippen LogP contribution in [-0.2, 0) is 22.6 Å². The van der Waals surface area contributed by atoms with Crippen LogP contribution < -0.4 is 0 Å². The van der Waals surface area contributed by atoms with E-state index >= 15 is 0 Å². The van der Waals surface area contributed by atoms with Gasteiger partial charge in [-0.15, -0.1) is 0 Å². The van der Waals surface area contributed by atoms with Crippen molar-refractivity contribution in [2.45, 2.75) is 13.1 Å². The van der Waals surface area contributed by atoms with Gasteiger partial charge in [0.15, 0.2) is 0 Å². The number of hydrogen-bond donors (Lipinski definition) is 1. The summed E-state index contributed by atoms with van der Waals surface area (Å²) in [6, 6.07) is 29.3. The summed E-state index contributed by atoms with van der Waals surface area (Å²) in [5.74, 6) is 0. The maximum atomic E-state index is 11.2. The van der Waals surface area contributed by atoms with Gasteiger partial charge in [0.25, 0.3) is 0 Å². The standard InChI is InChI=1S/C28H28N2O3/c1-32-28(31)33-19-11-10-18-30(20-22-12-4-2-5-13-22)21-25-24-16-8-9-17-26(24)29-27(25)23-14-6-3-7-15-23/h2-17,29H,18-21H2,1H3/b11-10+. The number of nitrogens with one attached hydrogen (secondary N) is 1. The largest absolute Gasteiger partial charge is 0.508 e. The van der Waals surface area contributed by atoms with Gasteiger partial charge < -0.3 is 14.5 Å². The average molecular weight is 441 g/mol. The summed E-state index contributed by atoms with van der Waals surface area (Å²) < 4.78 is 9.47. The van der Waals surface area contributed by atoms with E-state index in [2.05, 4.69) is 87.4 Å². The van der Waals surface area contributed by atoms with Crippen molar-refractivity contribution in [3.05, 3.63) is 108 Å². The van der Waals surface area contributed by atoms with Gasteiger partial charge in [-0.1, -0.05) is 84.9 Å². The third kappa shape index (κ3) is 5.90. The number of H-pyrrole nitrogens is 1. The minimum absolute atomic E-state index is 0.189. The Bertz CT molecular complexity index is 1200.